The first kappa shape index (κ1) is 13.5. The molecule has 0 spiro atoms. The second-order valence-electron chi connectivity index (χ2n) is 5.89. The first-order chi connectivity index (χ1) is 7.41. The molecule has 0 heterocycles. The van der Waals surface area contributed by atoms with Crippen molar-refractivity contribution in [2.75, 3.05) is 0 Å². The maximum absolute atomic E-state index is 12.4. The van der Waals surface area contributed by atoms with E-state index in [9.17, 15) is 4.79 Å². The van der Waals surface area contributed by atoms with Crippen molar-refractivity contribution in [3.8, 4) is 0 Å². The number of carbonyl (C=O) groups excluding carboxylic acids is 1. The van der Waals surface area contributed by atoms with E-state index in [1.54, 1.807) is 0 Å². The molecule has 1 nitrogen and oxygen atoms in total. The predicted octanol–water partition coefficient (Wildman–Crippen LogP) is 4.52. The van der Waals surface area contributed by atoms with Gasteiger partial charge >= 0.3 is 0 Å². The Kier molecular flexibility index (Phi) is 4.35. The van der Waals surface area contributed by atoms with Crippen LogP contribution in [0, 0.1) is 11.3 Å². The van der Waals surface area contributed by atoms with Gasteiger partial charge in [0.1, 0.15) is 5.78 Å². The Morgan fingerprint density at radius 2 is 1.94 bits per heavy atom. The van der Waals surface area contributed by atoms with E-state index >= 15 is 0 Å². The minimum atomic E-state index is -0.0339. The standard InChI is InChI=1S/C15H26O/c1-6-15(14(16)9-11(2)3)8-7-12(4)13(5)10-15/h11H,6-10H2,1-5H3. The predicted molar refractivity (Wildman–Crippen MR) is 69.4 cm³/mol. The van der Waals surface area contributed by atoms with Gasteiger partial charge < -0.3 is 0 Å². The van der Waals surface area contributed by atoms with Gasteiger partial charge in [-0.25, -0.2) is 0 Å². The minimum Gasteiger partial charge on any atom is -0.299 e. The van der Waals surface area contributed by atoms with Gasteiger partial charge in [-0.05, 0) is 45.4 Å². The normalized spacial score (nSPS) is 26.4. The Morgan fingerprint density at radius 3 is 2.38 bits per heavy atom. The smallest absolute Gasteiger partial charge is 0.139 e. The van der Waals surface area contributed by atoms with E-state index in [0.29, 0.717) is 11.7 Å². The number of hydrogen-bond donors (Lipinski definition) is 0. The van der Waals surface area contributed by atoms with Crippen LogP contribution in [0.5, 0.6) is 0 Å². The third-order valence-electron chi connectivity index (χ3n) is 4.17. The van der Waals surface area contributed by atoms with Crippen LogP contribution in [0.25, 0.3) is 0 Å². The number of Topliss-reactive ketones (excluding diaryl/α,β-unsaturated/α-hetero) is 1. The van der Waals surface area contributed by atoms with Crippen molar-refractivity contribution in [1.29, 1.82) is 0 Å². The molecule has 0 bridgehead atoms. The second-order valence-corrected chi connectivity index (χ2v) is 5.89. The van der Waals surface area contributed by atoms with E-state index < -0.39 is 0 Å². The van der Waals surface area contributed by atoms with Gasteiger partial charge in [0.15, 0.2) is 0 Å². The molecule has 1 heteroatoms. The summed E-state index contributed by atoms with van der Waals surface area (Å²) < 4.78 is 0. The number of allylic oxidation sites excluding steroid dienone is 2. The molecule has 1 atom stereocenters. The highest BCUT2D eigenvalue weighted by atomic mass is 16.1. The van der Waals surface area contributed by atoms with Gasteiger partial charge in [0.25, 0.3) is 0 Å². The van der Waals surface area contributed by atoms with Crippen molar-refractivity contribution in [2.45, 2.75) is 66.7 Å². The molecule has 1 rings (SSSR count). The third kappa shape index (κ3) is 2.75. The maximum Gasteiger partial charge on any atom is 0.139 e. The monoisotopic (exact) mass is 222 g/mol. The average molecular weight is 222 g/mol. The van der Waals surface area contributed by atoms with Crippen LogP contribution in [0.15, 0.2) is 11.1 Å². The highest BCUT2D eigenvalue weighted by molar-refractivity contribution is 5.85. The van der Waals surface area contributed by atoms with E-state index in [1.807, 2.05) is 0 Å². The summed E-state index contributed by atoms with van der Waals surface area (Å²) >= 11 is 0. The number of hydrogen-bond acceptors (Lipinski definition) is 1. The highest BCUT2D eigenvalue weighted by Crippen LogP contribution is 2.43. The molecule has 92 valence electrons. The first-order valence-electron chi connectivity index (χ1n) is 6.60. The molecule has 0 aromatic rings. The molecular weight excluding hydrogens is 196 g/mol. The quantitative estimate of drug-likeness (QED) is 0.639. The maximum atomic E-state index is 12.4. The molecule has 0 saturated carbocycles. The molecule has 0 aromatic carbocycles. The second kappa shape index (κ2) is 5.16. The Hall–Kier alpha value is -0.590. The fraction of sp³-hybridized carbons (Fsp3) is 0.800. The topological polar surface area (TPSA) is 17.1 Å². The van der Waals surface area contributed by atoms with Gasteiger partial charge in [0, 0.05) is 11.8 Å². The van der Waals surface area contributed by atoms with Crippen LogP contribution < -0.4 is 0 Å². The molecule has 0 aliphatic heterocycles. The summed E-state index contributed by atoms with van der Waals surface area (Å²) in [7, 11) is 0. The molecule has 1 aliphatic carbocycles. The summed E-state index contributed by atoms with van der Waals surface area (Å²) in [6.45, 7) is 10.9. The van der Waals surface area contributed by atoms with Crippen molar-refractivity contribution in [3.05, 3.63) is 11.1 Å². The van der Waals surface area contributed by atoms with Crippen LogP contribution in [0.3, 0.4) is 0 Å². The zero-order valence-corrected chi connectivity index (χ0v) is 11.5. The van der Waals surface area contributed by atoms with Gasteiger partial charge in [0.05, 0.1) is 0 Å². The molecule has 0 amide bonds. The summed E-state index contributed by atoms with van der Waals surface area (Å²) in [5.74, 6) is 0.986. The zero-order chi connectivity index (χ0) is 12.3. The van der Waals surface area contributed by atoms with Crippen LogP contribution in [0.4, 0.5) is 0 Å². The van der Waals surface area contributed by atoms with Crippen molar-refractivity contribution >= 4 is 5.78 Å². The lowest BCUT2D eigenvalue weighted by molar-refractivity contribution is -0.130. The van der Waals surface area contributed by atoms with Gasteiger partial charge in [-0.1, -0.05) is 31.9 Å². The summed E-state index contributed by atoms with van der Waals surface area (Å²) in [5.41, 5.74) is 2.92. The SMILES string of the molecule is CCC1(C(=O)CC(C)C)CCC(C)=C(C)C1. The van der Waals surface area contributed by atoms with E-state index in [-0.39, 0.29) is 5.41 Å². The third-order valence-corrected chi connectivity index (χ3v) is 4.17. The zero-order valence-electron chi connectivity index (χ0n) is 11.5. The molecular formula is C15H26O. The molecule has 1 unspecified atom stereocenters. The van der Waals surface area contributed by atoms with E-state index in [0.717, 1.165) is 32.1 Å². The van der Waals surface area contributed by atoms with Gasteiger partial charge in [-0.2, -0.15) is 0 Å². The molecule has 0 radical (unpaired) electrons. The summed E-state index contributed by atoms with van der Waals surface area (Å²) in [6.07, 6.45) is 4.94. The van der Waals surface area contributed by atoms with Crippen molar-refractivity contribution in [3.63, 3.8) is 0 Å². The highest BCUT2D eigenvalue weighted by Gasteiger charge is 2.38. The van der Waals surface area contributed by atoms with Crippen LogP contribution in [0.1, 0.15) is 66.7 Å². The van der Waals surface area contributed by atoms with E-state index in [1.165, 1.54) is 11.1 Å². The van der Waals surface area contributed by atoms with Crippen LogP contribution in [-0.4, -0.2) is 5.78 Å². The minimum absolute atomic E-state index is 0.0339. The van der Waals surface area contributed by atoms with Gasteiger partial charge in [-0.3, -0.25) is 4.79 Å². The average Bonchev–Trinajstić information content (AvgIpc) is 2.21. The van der Waals surface area contributed by atoms with Crippen LogP contribution in [-0.2, 0) is 4.79 Å². The van der Waals surface area contributed by atoms with Gasteiger partial charge in [-0.15, -0.1) is 0 Å². The van der Waals surface area contributed by atoms with Crippen molar-refractivity contribution in [1.82, 2.24) is 0 Å². The fourth-order valence-corrected chi connectivity index (χ4v) is 2.71. The molecule has 0 N–H and O–H groups in total. The fourth-order valence-electron chi connectivity index (χ4n) is 2.71. The van der Waals surface area contributed by atoms with Crippen LogP contribution >= 0.6 is 0 Å². The number of ketones is 1. The lowest BCUT2D eigenvalue weighted by Gasteiger charge is -2.36. The van der Waals surface area contributed by atoms with Crippen molar-refractivity contribution in [2.24, 2.45) is 11.3 Å². The first-order valence-corrected chi connectivity index (χ1v) is 6.60. The lowest BCUT2D eigenvalue weighted by atomic mass is 9.66. The van der Waals surface area contributed by atoms with E-state index in [4.69, 9.17) is 0 Å². The molecule has 0 saturated heterocycles. The number of carbonyl (C=O) groups is 1. The lowest BCUT2D eigenvalue weighted by Crippen LogP contribution is -2.34. The molecule has 1 aliphatic rings. The summed E-state index contributed by atoms with van der Waals surface area (Å²) in [4.78, 5) is 12.4. The number of rotatable bonds is 4. The van der Waals surface area contributed by atoms with E-state index in [2.05, 4.69) is 34.6 Å². The summed E-state index contributed by atoms with van der Waals surface area (Å²) in [6, 6.07) is 0. The van der Waals surface area contributed by atoms with Gasteiger partial charge in [0.2, 0.25) is 0 Å². The molecule has 0 fully saturated rings. The largest absolute Gasteiger partial charge is 0.299 e. The Morgan fingerprint density at radius 1 is 1.31 bits per heavy atom. The van der Waals surface area contributed by atoms with Crippen LogP contribution in [0.2, 0.25) is 0 Å². The summed E-state index contributed by atoms with van der Waals surface area (Å²) in [5, 5.41) is 0. The Balaban J connectivity index is 2.84. The van der Waals surface area contributed by atoms with Crippen molar-refractivity contribution < 1.29 is 4.79 Å². The molecule has 16 heavy (non-hydrogen) atoms. The molecule has 0 aromatic heterocycles. The Bertz CT molecular complexity index is 299. The Labute approximate surface area is 100 Å².